The number of para-hydroxylation sites is 1. The molecule has 160 valence electrons. The molecule has 0 bridgehead atoms. The van der Waals surface area contributed by atoms with E-state index >= 15 is 0 Å². The number of benzene rings is 2. The van der Waals surface area contributed by atoms with Crippen LogP contribution in [0.2, 0.25) is 0 Å². The second-order valence-electron chi connectivity index (χ2n) is 8.18. The molecule has 1 saturated heterocycles. The average Bonchev–Trinajstić information content (AvgIpc) is 2.74. The molecule has 1 aliphatic rings. The molecule has 2 aromatic rings. The zero-order valence-corrected chi connectivity index (χ0v) is 18.1. The van der Waals surface area contributed by atoms with E-state index < -0.39 is 0 Å². The summed E-state index contributed by atoms with van der Waals surface area (Å²) in [6, 6.07) is 15.6. The summed E-state index contributed by atoms with van der Waals surface area (Å²) in [4.78, 5) is 29.5. The van der Waals surface area contributed by atoms with Crippen LogP contribution in [0.15, 0.2) is 48.5 Å². The Kier molecular flexibility index (Phi) is 7.46. The molecule has 0 atom stereocenters. The van der Waals surface area contributed by atoms with Gasteiger partial charge in [-0.1, -0.05) is 29.8 Å². The molecule has 6 nitrogen and oxygen atoms in total. The maximum Gasteiger partial charge on any atom is 0.253 e. The van der Waals surface area contributed by atoms with Crippen LogP contribution < -0.4 is 15.5 Å². The number of likely N-dealkylation sites (N-methyl/N-ethyl adjacent to an activating group) is 1. The van der Waals surface area contributed by atoms with Gasteiger partial charge in [-0.05, 0) is 58.1 Å². The quantitative estimate of drug-likeness (QED) is 0.739. The summed E-state index contributed by atoms with van der Waals surface area (Å²) in [6.45, 7) is 5.03. The van der Waals surface area contributed by atoms with Gasteiger partial charge in [0.2, 0.25) is 0 Å². The van der Waals surface area contributed by atoms with E-state index in [1.807, 2.05) is 74.4 Å². The van der Waals surface area contributed by atoms with Crippen molar-refractivity contribution in [3.63, 3.8) is 0 Å². The molecule has 0 saturated carbocycles. The second-order valence-corrected chi connectivity index (χ2v) is 8.18. The molecule has 2 amide bonds. The minimum atomic E-state index is -0.0395. The first kappa shape index (κ1) is 21.8. The van der Waals surface area contributed by atoms with Gasteiger partial charge in [0.1, 0.15) is 0 Å². The van der Waals surface area contributed by atoms with E-state index in [4.69, 9.17) is 0 Å². The van der Waals surface area contributed by atoms with Gasteiger partial charge >= 0.3 is 0 Å². The van der Waals surface area contributed by atoms with Crippen LogP contribution in [0, 0.1) is 6.92 Å². The van der Waals surface area contributed by atoms with Crippen LogP contribution >= 0.6 is 0 Å². The van der Waals surface area contributed by atoms with Gasteiger partial charge in [0, 0.05) is 43.5 Å². The topological polar surface area (TPSA) is 64.7 Å². The molecule has 1 aliphatic heterocycles. The van der Waals surface area contributed by atoms with Gasteiger partial charge in [0.05, 0.1) is 5.56 Å². The van der Waals surface area contributed by atoms with Gasteiger partial charge in [0.15, 0.2) is 0 Å². The molecule has 3 rings (SSSR count). The largest absolute Gasteiger partial charge is 0.371 e. The predicted molar refractivity (Wildman–Crippen MR) is 121 cm³/mol. The molecular formula is C24H32N4O2. The predicted octanol–water partition coefficient (Wildman–Crippen LogP) is 2.69. The first-order chi connectivity index (χ1) is 14.4. The van der Waals surface area contributed by atoms with Gasteiger partial charge in [-0.3, -0.25) is 9.59 Å². The molecule has 0 spiro atoms. The highest BCUT2D eigenvalue weighted by molar-refractivity contribution is 5.99. The van der Waals surface area contributed by atoms with Crippen LogP contribution in [0.1, 0.15) is 39.1 Å². The van der Waals surface area contributed by atoms with Crippen molar-refractivity contribution in [2.75, 3.05) is 45.2 Å². The lowest BCUT2D eigenvalue weighted by atomic mass is 10.0. The SMILES string of the molecule is Cc1cccc(C(=O)NC2CCN(c3ccccc3C(=O)NCCN(C)C)CC2)c1. The summed E-state index contributed by atoms with van der Waals surface area (Å²) in [5.41, 5.74) is 3.46. The Hall–Kier alpha value is -2.86. The lowest BCUT2D eigenvalue weighted by Crippen LogP contribution is -2.45. The van der Waals surface area contributed by atoms with E-state index in [2.05, 4.69) is 15.5 Å². The maximum atomic E-state index is 12.7. The van der Waals surface area contributed by atoms with E-state index in [9.17, 15) is 9.59 Å². The van der Waals surface area contributed by atoms with Crippen LogP contribution in [0.5, 0.6) is 0 Å². The molecular weight excluding hydrogens is 376 g/mol. The molecule has 0 aromatic heterocycles. The summed E-state index contributed by atoms with van der Waals surface area (Å²) < 4.78 is 0. The molecule has 0 radical (unpaired) electrons. The molecule has 0 aliphatic carbocycles. The van der Waals surface area contributed by atoms with Crippen molar-refractivity contribution in [1.29, 1.82) is 0 Å². The van der Waals surface area contributed by atoms with Crippen LogP contribution in [0.3, 0.4) is 0 Å². The number of nitrogens with one attached hydrogen (secondary N) is 2. The van der Waals surface area contributed by atoms with E-state index in [0.29, 0.717) is 17.7 Å². The summed E-state index contributed by atoms with van der Waals surface area (Å²) in [5.74, 6) is -0.0554. The third-order valence-electron chi connectivity index (χ3n) is 5.44. The molecule has 0 unspecified atom stereocenters. The van der Waals surface area contributed by atoms with Gasteiger partial charge in [-0.15, -0.1) is 0 Å². The Labute approximate surface area is 179 Å². The fourth-order valence-electron chi connectivity index (χ4n) is 3.75. The lowest BCUT2D eigenvalue weighted by Gasteiger charge is -2.35. The Balaban J connectivity index is 1.57. The van der Waals surface area contributed by atoms with Crippen molar-refractivity contribution < 1.29 is 9.59 Å². The number of hydrogen-bond acceptors (Lipinski definition) is 4. The fraction of sp³-hybridized carbons (Fsp3) is 0.417. The molecule has 6 heteroatoms. The van der Waals surface area contributed by atoms with E-state index in [1.165, 1.54) is 0 Å². The van der Waals surface area contributed by atoms with Crippen LogP contribution in [-0.4, -0.2) is 63.0 Å². The molecule has 2 aromatic carbocycles. The van der Waals surface area contributed by atoms with Crippen molar-refractivity contribution in [3.05, 3.63) is 65.2 Å². The number of carbonyl (C=O) groups is 2. The number of hydrogen-bond donors (Lipinski definition) is 2. The van der Waals surface area contributed by atoms with E-state index in [1.54, 1.807) is 0 Å². The maximum absolute atomic E-state index is 12.7. The Morgan fingerprint density at radius 3 is 2.47 bits per heavy atom. The third-order valence-corrected chi connectivity index (χ3v) is 5.44. The zero-order valence-electron chi connectivity index (χ0n) is 18.1. The van der Waals surface area contributed by atoms with Crippen molar-refractivity contribution in [1.82, 2.24) is 15.5 Å². The summed E-state index contributed by atoms with van der Waals surface area (Å²) in [7, 11) is 3.98. The number of rotatable bonds is 7. The molecule has 30 heavy (non-hydrogen) atoms. The number of aryl methyl sites for hydroxylation is 1. The normalized spacial score (nSPS) is 14.6. The van der Waals surface area contributed by atoms with Crippen molar-refractivity contribution in [3.8, 4) is 0 Å². The molecule has 2 N–H and O–H groups in total. The summed E-state index contributed by atoms with van der Waals surface area (Å²) >= 11 is 0. The number of piperidine rings is 1. The Morgan fingerprint density at radius 2 is 1.77 bits per heavy atom. The summed E-state index contributed by atoms with van der Waals surface area (Å²) in [6.07, 6.45) is 1.71. The fourth-order valence-corrected chi connectivity index (χ4v) is 3.75. The van der Waals surface area contributed by atoms with E-state index in [0.717, 1.165) is 43.7 Å². The van der Waals surface area contributed by atoms with Crippen molar-refractivity contribution >= 4 is 17.5 Å². The van der Waals surface area contributed by atoms with Crippen molar-refractivity contribution in [2.24, 2.45) is 0 Å². The lowest BCUT2D eigenvalue weighted by molar-refractivity contribution is 0.0929. The standard InChI is InChI=1S/C24H32N4O2/c1-18-7-6-8-19(17-18)23(29)26-20-11-14-28(15-12-20)22-10-5-4-9-21(22)24(30)25-13-16-27(2)3/h4-10,17,20H,11-16H2,1-3H3,(H,25,30)(H,26,29). The number of amides is 2. The molecule has 1 heterocycles. The number of anilines is 1. The molecule has 1 fully saturated rings. The first-order valence-electron chi connectivity index (χ1n) is 10.6. The number of nitrogens with zero attached hydrogens (tertiary/aromatic N) is 2. The minimum absolute atomic E-state index is 0.0159. The second kappa shape index (κ2) is 10.3. The van der Waals surface area contributed by atoms with Gasteiger partial charge in [-0.25, -0.2) is 0 Å². The summed E-state index contributed by atoms with van der Waals surface area (Å²) in [5, 5.41) is 6.16. The Morgan fingerprint density at radius 1 is 1.03 bits per heavy atom. The first-order valence-corrected chi connectivity index (χ1v) is 10.6. The van der Waals surface area contributed by atoms with E-state index in [-0.39, 0.29) is 17.9 Å². The van der Waals surface area contributed by atoms with Crippen molar-refractivity contribution in [2.45, 2.75) is 25.8 Å². The smallest absolute Gasteiger partial charge is 0.253 e. The third kappa shape index (κ3) is 5.83. The van der Waals surface area contributed by atoms with Crippen LogP contribution in [-0.2, 0) is 0 Å². The Bertz CT molecular complexity index is 873. The zero-order chi connectivity index (χ0) is 21.5. The minimum Gasteiger partial charge on any atom is -0.371 e. The number of carbonyl (C=O) groups excluding carboxylic acids is 2. The average molecular weight is 409 g/mol. The highest BCUT2D eigenvalue weighted by atomic mass is 16.2. The van der Waals surface area contributed by atoms with Gasteiger partial charge < -0.3 is 20.4 Å². The van der Waals surface area contributed by atoms with Gasteiger partial charge in [0.25, 0.3) is 11.8 Å². The van der Waals surface area contributed by atoms with Gasteiger partial charge in [-0.2, -0.15) is 0 Å². The highest BCUT2D eigenvalue weighted by Gasteiger charge is 2.24. The monoisotopic (exact) mass is 408 g/mol. The highest BCUT2D eigenvalue weighted by Crippen LogP contribution is 2.24. The van der Waals surface area contributed by atoms with Crippen LogP contribution in [0.4, 0.5) is 5.69 Å². The van der Waals surface area contributed by atoms with Crippen LogP contribution in [0.25, 0.3) is 0 Å².